The van der Waals surface area contributed by atoms with Crippen LogP contribution in [0.2, 0.25) is 0 Å². The van der Waals surface area contributed by atoms with Crippen LogP contribution in [0.25, 0.3) is 11.3 Å². The van der Waals surface area contributed by atoms with Gasteiger partial charge < -0.3 is 30.3 Å². The summed E-state index contributed by atoms with van der Waals surface area (Å²) in [5.74, 6) is -0.0450. The molecule has 2 aromatic rings. The Labute approximate surface area is 187 Å². The van der Waals surface area contributed by atoms with E-state index in [2.05, 4.69) is 20.3 Å². The van der Waals surface area contributed by atoms with Gasteiger partial charge in [-0.1, -0.05) is 0 Å². The summed E-state index contributed by atoms with van der Waals surface area (Å²) in [5.41, 5.74) is 4.14. The van der Waals surface area contributed by atoms with Crippen molar-refractivity contribution < 1.29 is 27.4 Å². The second-order valence-electron chi connectivity index (χ2n) is 7.48. The molecule has 4 rings (SSSR count). The summed E-state index contributed by atoms with van der Waals surface area (Å²) >= 11 is 0. The van der Waals surface area contributed by atoms with E-state index in [1.165, 1.54) is 6.07 Å². The summed E-state index contributed by atoms with van der Waals surface area (Å²) < 4.78 is 52.7. The van der Waals surface area contributed by atoms with E-state index in [-0.39, 0.29) is 23.6 Å². The molecule has 0 aliphatic carbocycles. The number of carbonyl (C=O) groups excluding carboxylic acids is 1. The maximum Gasteiger partial charge on any atom is 0.417 e. The van der Waals surface area contributed by atoms with Crippen molar-refractivity contribution in [3.63, 3.8) is 0 Å². The van der Waals surface area contributed by atoms with Crippen molar-refractivity contribution in [2.45, 2.75) is 6.18 Å². The van der Waals surface area contributed by atoms with Gasteiger partial charge in [0.05, 0.1) is 44.2 Å². The van der Waals surface area contributed by atoms with Crippen molar-refractivity contribution in [3.8, 4) is 11.3 Å². The number of aromatic nitrogens is 3. The number of nitrogens with two attached hydrogens (primary N) is 1. The molecule has 0 unspecified atom stereocenters. The van der Waals surface area contributed by atoms with E-state index in [4.69, 9.17) is 15.2 Å². The van der Waals surface area contributed by atoms with Crippen LogP contribution in [0.15, 0.2) is 18.3 Å². The van der Waals surface area contributed by atoms with Crippen LogP contribution >= 0.6 is 0 Å². The number of carbonyl (C=O) groups is 1. The molecule has 13 heteroatoms. The number of ether oxygens (including phenoxy) is 2. The smallest absolute Gasteiger partial charge is 0.378 e. The van der Waals surface area contributed by atoms with Gasteiger partial charge in [-0.05, 0) is 6.07 Å². The topological polar surface area (TPSA) is 119 Å². The number of hydrogen-bond donors (Lipinski definition) is 2. The number of rotatable bonds is 5. The summed E-state index contributed by atoms with van der Waals surface area (Å²) in [6, 6.07) is 2.31. The number of nitrogens with zero attached hydrogens (tertiary/aromatic N) is 5. The maximum absolute atomic E-state index is 14.0. The number of halogens is 3. The van der Waals surface area contributed by atoms with Crippen LogP contribution in [-0.2, 0) is 20.4 Å². The van der Waals surface area contributed by atoms with Gasteiger partial charge in [0.15, 0.2) is 0 Å². The van der Waals surface area contributed by atoms with Gasteiger partial charge >= 0.3 is 6.18 Å². The molecule has 0 radical (unpaired) electrons. The fourth-order valence-electron chi connectivity index (χ4n) is 3.58. The highest BCUT2D eigenvalue weighted by molar-refractivity contribution is 5.91. The van der Waals surface area contributed by atoms with E-state index in [0.29, 0.717) is 64.4 Å². The third-order valence-electron chi connectivity index (χ3n) is 5.27. The number of pyridine rings is 1. The molecule has 178 valence electrons. The van der Waals surface area contributed by atoms with Gasteiger partial charge in [-0.15, -0.1) is 0 Å². The zero-order chi connectivity index (χ0) is 23.4. The standard InChI is InChI=1S/C20H24F3N7O3/c21-20(22,23)14-9-16(27-18(31)11-24)25-12-13(14)15-10-17(29-1-5-32-6-2-29)28-19(26-15)30-3-7-33-8-4-30/h9-10,12H,1-8,11,24H2,(H,25,27,31). The van der Waals surface area contributed by atoms with Crippen LogP contribution < -0.4 is 20.9 Å². The zero-order valence-electron chi connectivity index (χ0n) is 17.8. The van der Waals surface area contributed by atoms with Gasteiger partial charge in [0, 0.05) is 44.0 Å². The molecule has 0 spiro atoms. The summed E-state index contributed by atoms with van der Waals surface area (Å²) in [4.78, 5) is 28.4. The fraction of sp³-hybridized carbons (Fsp3) is 0.500. The average molecular weight is 467 g/mol. The van der Waals surface area contributed by atoms with E-state index in [9.17, 15) is 18.0 Å². The quantitative estimate of drug-likeness (QED) is 0.667. The lowest BCUT2D eigenvalue weighted by atomic mass is 10.1. The van der Waals surface area contributed by atoms with Crippen LogP contribution in [0.1, 0.15) is 5.56 Å². The zero-order valence-corrected chi connectivity index (χ0v) is 17.8. The molecule has 1 amide bonds. The van der Waals surface area contributed by atoms with Crippen LogP contribution in [0.4, 0.5) is 30.8 Å². The Hall–Kier alpha value is -3.03. The first-order valence-electron chi connectivity index (χ1n) is 10.5. The maximum atomic E-state index is 14.0. The van der Waals surface area contributed by atoms with Gasteiger partial charge in [-0.25, -0.2) is 9.97 Å². The molecule has 10 nitrogen and oxygen atoms in total. The van der Waals surface area contributed by atoms with Crippen molar-refractivity contribution in [1.82, 2.24) is 15.0 Å². The Balaban J connectivity index is 1.79. The third-order valence-corrected chi connectivity index (χ3v) is 5.27. The fourth-order valence-corrected chi connectivity index (χ4v) is 3.58. The number of alkyl halides is 3. The number of anilines is 3. The molecule has 2 fully saturated rings. The molecule has 2 aromatic heterocycles. The predicted molar refractivity (Wildman–Crippen MR) is 114 cm³/mol. The van der Waals surface area contributed by atoms with Crippen molar-refractivity contribution in [2.75, 3.05) is 74.3 Å². The minimum Gasteiger partial charge on any atom is -0.378 e. The highest BCUT2D eigenvalue weighted by Gasteiger charge is 2.35. The molecule has 0 saturated carbocycles. The Morgan fingerprint density at radius 2 is 1.67 bits per heavy atom. The lowest BCUT2D eigenvalue weighted by molar-refractivity contribution is -0.137. The van der Waals surface area contributed by atoms with E-state index in [1.54, 1.807) is 0 Å². The number of nitrogens with one attached hydrogen (secondary N) is 1. The first kappa shape index (κ1) is 23.1. The molecule has 4 heterocycles. The molecule has 3 N–H and O–H groups in total. The van der Waals surface area contributed by atoms with Gasteiger partial charge in [-0.2, -0.15) is 18.2 Å². The lowest BCUT2D eigenvalue weighted by Crippen LogP contribution is -2.39. The molecule has 0 bridgehead atoms. The molecular formula is C20H24F3N7O3. The average Bonchev–Trinajstić information content (AvgIpc) is 2.84. The van der Waals surface area contributed by atoms with Gasteiger partial charge in [0.2, 0.25) is 11.9 Å². The van der Waals surface area contributed by atoms with Crippen LogP contribution in [0.3, 0.4) is 0 Å². The molecule has 33 heavy (non-hydrogen) atoms. The van der Waals surface area contributed by atoms with Crippen LogP contribution in [0.5, 0.6) is 0 Å². The Morgan fingerprint density at radius 3 is 2.27 bits per heavy atom. The van der Waals surface area contributed by atoms with Crippen LogP contribution in [-0.4, -0.2) is 80.0 Å². The number of amides is 1. The minimum atomic E-state index is -4.70. The van der Waals surface area contributed by atoms with Gasteiger partial charge in [0.1, 0.15) is 11.6 Å². The van der Waals surface area contributed by atoms with Crippen molar-refractivity contribution >= 4 is 23.5 Å². The minimum absolute atomic E-state index is 0.0875. The highest BCUT2D eigenvalue weighted by Crippen LogP contribution is 2.38. The SMILES string of the molecule is NCC(=O)Nc1cc(C(F)(F)F)c(-c2cc(N3CCOCC3)nc(N3CCOCC3)n2)cn1. The van der Waals surface area contributed by atoms with E-state index in [0.717, 1.165) is 12.3 Å². The second-order valence-corrected chi connectivity index (χ2v) is 7.48. The lowest BCUT2D eigenvalue weighted by Gasteiger charge is -2.31. The third kappa shape index (κ3) is 5.49. The van der Waals surface area contributed by atoms with E-state index in [1.807, 2.05) is 9.80 Å². The molecule has 2 aliphatic rings. The summed E-state index contributed by atoms with van der Waals surface area (Å²) in [6.45, 7) is 3.76. The number of morpholine rings is 2. The summed E-state index contributed by atoms with van der Waals surface area (Å²) in [7, 11) is 0. The molecule has 2 saturated heterocycles. The first-order chi connectivity index (χ1) is 15.8. The molecule has 0 aromatic carbocycles. The molecule has 0 atom stereocenters. The second kappa shape index (κ2) is 9.85. The largest absolute Gasteiger partial charge is 0.417 e. The Morgan fingerprint density at radius 1 is 1.03 bits per heavy atom. The van der Waals surface area contributed by atoms with E-state index >= 15 is 0 Å². The van der Waals surface area contributed by atoms with E-state index < -0.39 is 17.6 Å². The van der Waals surface area contributed by atoms with Crippen molar-refractivity contribution in [1.29, 1.82) is 0 Å². The van der Waals surface area contributed by atoms with Crippen molar-refractivity contribution in [3.05, 3.63) is 23.9 Å². The van der Waals surface area contributed by atoms with Gasteiger partial charge in [-0.3, -0.25) is 4.79 Å². The van der Waals surface area contributed by atoms with Gasteiger partial charge in [0.25, 0.3) is 0 Å². The summed E-state index contributed by atoms with van der Waals surface area (Å²) in [5, 5.41) is 2.26. The Bertz CT molecular complexity index is 957. The normalized spacial score (nSPS) is 17.2. The molecule has 2 aliphatic heterocycles. The predicted octanol–water partition coefficient (Wildman–Crippen LogP) is 1.13. The Kier molecular flexibility index (Phi) is 6.91. The number of hydrogen-bond acceptors (Lipinski definition) is 9. The van der Waals surface area contributed by atoms with Crippen molar-refractivity contribution in [2.24, 2.45) is 5.73 Å². The summed E-state index contributed by atoms with van der Waals surface area (Å²) in [6.07, 6.45) is -3.65. The van der Waals surface area contributed by atoms with Crippen LogP contribution in [0, 0.1) is 0 Å². The monoisotopic (exact) mass is 467 g/mol. The highest BCUT2D eigenvalue weighted by atomic mass is 19.4. The molecular weight excluding hydrogens is 443 g/mol. The first-order valence-corrected chi connectivity index (χ1v) is 10.5.